The number of nitrogens with zero attached hydrogens (tertiary/aromatic N) is 2. The quantitative estimate of drug-likeness (QED) is 0.408. The fraction of sp³-hybridized carbons (Fsp3) is 0.333. The molecule has 0 aromatic rings. The first-order chi connectivity index (χ1) is 4.35. The Labute approximate surface area is 55.2 Å². The van der Waals surface area contributed by atoms with Gasteiger partial charge in [-0.1, -0.05) is 6.08 Å². The molecule has 0 spiro atoms. The van der Waals surface area contributed by atoms with Gasteiger partial charge in [0.25, 0.3) is 0 Å². The molecule has 0 saturated carbocycles. The van der Waals surface area contributed by atoms with Crippen molar-refractivity contribution in [2.24, 2.45) is 9.98 Å². The van der Waals surface area contributed by atoms with Crippen LogP contribution in [-0.4, -0.2) is 19.7 Å². The van der Waals surface area contributed by atoms with Crippen molar-refractivity contribution in [1.82, 2.24) is 5.32 Å². The van der Waals surface area contributed by atoms with Crippen molar-refractivity contribution in [2.45, 2.75) is 6.92 Å². The van der Waals surface area contributed by atoms with Crippen molar-refractivity contribution in [1.29, 1.82) is 0 Å². The van der Waals surface area contributed by atoms with Crippen LogP contribution >= 0.6 is 0 Å². The first kappa shape index (κ1) is 7.88. The molecule has 1 N–H and O–H groups in total. The van der Waals surface area contributed by atoms with Crippen molar-refractivity contribution in [3.05, 3.63) is 12.3 Å². The number of hydrogen-bond acceptors (Lipinski definition) is 1. The van der Waals surface area contributed by atoms with Gasteiger partial charge < -0.3 is 5.32 Å². The lowest BCUT2D eigenvalue weighted by Crippen LogP contribution is -2.14. The van der Waals surface area contributed by atoms with Crippen LogP contribution in [0.3, 0.4) is 0 Å². The van der Waals surface area contributed by atoms with Gasteiger partial charge in [0.05, 0.1) is 0 Å². The van der Waals surface area contributed by atoms with Gasteiger partial charge in [-0.25, -0.2) is 9.98 Å². The van der Waals surface area contributed by atoms with E-state index in [1.54, 1.807) is 13.2 Å². The first-order valence-electron chi connectivity index (χ1n) is 2.68. The standard InChI is InChI=1S/C6H11N3/c1-4-5-9-6(7-2)8-3/h4-5H,2H2,1,3H3,(H,8,9)/b5-4-. The van der Waals surface area contributed by atoms with Crippen LogP contribution in [-0.2, 0) is 0 Å². The van der Waals surface area contributed by atoms with E-state index in [0.29, 0.717) is 5.96 Å². The topological polar surface area (TPSA) is 36.8 Å². The summed E-state index contributed by atoms with van der Waals surface area (Å²) >= 11 is 0. The Bertz CT molecular complexity index is 135. The smallest absolute Gasteiger partial charge is 0.221 e. The van der Waals surface area contributed by atoms with Crippen LogP contribution in [0.2, 0.25) is 0 Å². The third-order valence-electron chi connectivity index (χ3n) is 0.719. The first-order valence-corrected chi connectivity index (χ1v) is 2.68. The van der Waals surface area contributed by atoms with E-state index in [0.717, 1.165) is 0 Å². The Morgan fingerprint density at radius 3 is 2.67 bits per heavy atom. The van der Waals surface area contributed by atoms with Crippen LogP contribution in [0.4, 0.5) is 0 Å². The molecule has 0 unspecified atom stereocenters. The Kier molecular flexibility index (Phi) is 4.40. The Balaban J connectivity index is 3.90. The van der Waals surface area contributed by atoms with Crippen LogP contribution in [0.1, 0.15) is 6.92 Å². The van der Waals surface area contributed by atoms with Gasteiger partial charge >= 0.3 is 0 Å². The molecule has 3 nitrogen and oxygen atoms in total. The summed E-state index contributed by atoms with van der Waals surface area (Å²) in [4.78, 5) is 7.46. The van der Waals surface area contributed by atoms with Crippen LogP contribution in [0.25, 0.3) is 0 Å². The second-order valence-electron chi connectivity index (χ2n) is 1.34. The second-order valence-corrected chi connectivity index (χ2v) is 1.34. The molecule has 0 amide bonds. The maximum Gasteiger partial charge on any atom is 0.221 e. The van der Waals surface area contributed by atoms with Gasteiger partial charge in [-0.3, -0.25) is 0 Å². The summed E-state index contributed by atoms with van der Waals surface area (Å²) in [5.74, 6) is 0.535. The predicted molar refractivity (Wildman–Crippen MR) is 40.9 cm³/mol. The molecule has 3 heteroatoms. The van der Waals surface area contributed by atoms with E-state index < -0.39 is 0 Å². The van der Waals surface area contributed by atoms with Gasteiger partial charge in [0.2, 0.25) is 5.96 Å². The van der Waals surface area contributed by atoms with E-state index in [1.165, 1.54) is 0 Å². The zero-order valence-corrected chi connectivity index (χ0v) is 5.76. The molecule has 0 aliphatic heterocycles. The highest BCUT2D eigenvalue weighted by Gasteiger charge is 1.80. The number of nitrogens with one attached hydrogen (secondary N) is 1. The molecule has 0 aliphatic rings. The molecular weight excluding hydrogens is 114 g/mol. The van der Waals surface area contributed by atoms with E-state index >= 15 is 0 Å². The number of guanidine groups is 1. The summed E-state index contributed by atoms with van der Waals surface area (Å²) in [5, 5.41) is 2.76. The van der Waals surface area contributed by atoms with Gasteiger partial charge in [-0.15, -0.1) is 0 Å². The average molecular weight is 125 g/mol. The molecule has 0 aromatic carbocycles. The second kappa shape index (κ2) is 5.03. The van der Waals surface area contributed by atoms with Crippen molar-refractivity contribution in [3.8, 4) is 0 Å². The van der Waals surface area contributed by atoms with Crippen LogP contribution in [0.15, 0.2) is 22.3 Å². The number of allylic oxidation sites excluding steroid dienone is 1. The number of hydrogen-bond donors (Lipinski definition) is 1. The summed E-state index contributed by atoms with van der Waals surface area (Å²) < 4.78 is 0. The lowest BCUT2D eigenvalue weighted by Gasteiger charge is -1.92. The summed E-state index contributed by atoms with van der Waals surface area (Å²) in [6.45, 7) is 5.20. The predicted octanol–water partition coefficient (Wildman–Crippen LogP) is 0.796. The summed E-state index contributed by atoms with van der Waals surface area (Å²) in [6, 6.07) is 0. The van der Waals surface area contributed by atoms with Gasteiger partial charge in [-0.2, -0.15) is 0 Å². The van der Waals surface area contributed by atoms with Crippen molar-refractivity contribution in [3.63, 3.8) is 0 Å². The molecule has 9 heavy (non-hydrogen) atoms. The molecular formula is C6H11N3. The molecule has 50 valence electrons. The van der Waals surface area contributed by atoms with Crippen molar-refractivity contribution < 1.29 is 0 Å². The highest BCUT2D eigenvalue weighted by Crippen LogP contribution is 1.76. The lowest BCUT2D eigenvalue weighted by molar-refractivity contribution is 1.14. The maximum absolute atomic E-state index is 3.88. The van der Waals surface area contributed by atoms with Crippen LogP contribution in [0.5, 0.6) is 0 Å². The fourth-order valence-corrected chi connectivity index (χ4v) is 0.330. The summed E-state index contributed by atoms with van der Waals surface area (Å²) in [5.41, 5.74) is 0. The molecule has 0 atom stereocenters. The molecule has 0 saturated heterocycles. The van der Waals surface area contributed by atoms with Gasteiger partial charge in [0, 0.05) is 13.2 Å². The molecule has 0 bridgehead atoms. The zero-order chi connectivity index (χ0) is 7.11. The number of rotatable bonds is 1. The van der Waals surface area contributed by atoms with Crippen LogP contribution in [0, 0.1) is 0 Å². The third kappa shape index (κ3) is 3.46. The van der Waals surface area contributed by atoms with Crippen molar-refractivity contribution in [2.75, 3.05) is 7.05 Å². The minimum atomic E-state index is 0.535. The van der Waals surface area contributed by atoms with Crippen LogP contribution < -0.4 is 5.32 Å². The van der Waals surface area contributed by atoms with Gasteiger partial charge in [0.1, 0.15) is 0 Å². The minimum absolute atomic E-state index is 0.535. The fourth-order valence-electron chi connectivity index (χ4n) is 0.330. The van der Waals surface area contributed by atoms with E-state index in [9.17, 15) is 0 Å². The van der Waals surface area contributed by atoms with E-state index in [-0.39, 0.29) is 0 Å². The van der Waals surface area contributed by atoms with E-state index in [4.69, 9.17) is 0 Å². The molecule has 0 heterocycles. The highest BCUT2D eigenvalue weighted by molar-refractivity contribution is 5.84. The van der Waals surface area contributed by atoms with Gasteiger partial charge in [0.15, 0.2) is 0 Å². The number of aliphatic imine (C=N–C) groups is 2. The van der Waals surface area contributed by atoms with Crippen molar-refractivity contribution >= 4 is 12.7 Å². The lowest BCUT2D eigenvalue weighted by atomic mass is 10.7. The Morgan fingerprint density at radius 1 is 1.67 bits per heavy atom. The normalized spacial score (nSPS) is 12.0. The Morgan fingerprint density at radius 2 is 2.33 bits per heavy atom. The maximum atomic E-state index is 3.88. The summed E-state index contributed by atoms with van der Waals surface area (Å²) in [7, 11) is 1.75. The highest BCUT2D eigenvalue weighted by atomic mass is 15.1. The summed E-state index contributed by atoms with van der Waals surface area (Å²) in [6.07, 6.45) is 3.48. The molecule has 0 radical (unpaired) electrons. The third-order valence-corrected chi connectivity index (χ3v) is 0.719. The van der Waals surface area contributed by atoms with Gasteiger partial charge in [-0.05, 0) is 13.6 Å². The Hall–Kier alpha value is -1.12. The molecule has 0 fully saturated rings. The molecule has 0 aliphatic carbocycles. The SMILES string of the molecule is C=N/C(=N\C=C/C)NC. The minimum Gasteiger partial charge on any atom is -0.357 e. The average Bonchev–Trinajstić information content (AvgIpc) is 1.91. The monoisotopic (exact) mass is 125 g/mol. The molecule has 0 rings (SSSR count). The molecule has 0 aromatic heterocycles. The largest absolute Gasteiger partial charge is 0.357 e. The zero-order valence-electron chi connectivity index (χ0n) is 5.76. The van der Waals surface area contributed by atoms with E-state index in [2.05, 4.69) is 22.0 Å². The van der Waals surface area contributed by atoms with E-state index in [1.807, 2.05) is 13.0 Å².